The number of pyridine rings is 1. The van der Waals surface area contributed by atoms with Gasteiger partial charge in [0.05, 0.1) is 5.02 Å². The standard InChI is InChI=1S/C11H7BrClNO3/c12-7-4-8(13)11(17-5-9(15)16)10-6(7)2-1-3-14-10/h1-4H,5H2,(H,15,16). The van der Waals surface area contributed by atoms with Crippen LogP contribution in [0.3, 0.4) is 0 Å². The lowest BCUT2D eigenvalue weighted by molar-refractivity contribution is -0.139. The number of carboxylic acid groups (broad SMARTS) is 1. The molecule has 0 fully saturated rings. The molecule has 1 heterocycles. The number of benzene rings is 1. The number of fused-ring (bicyclic) bond motifs is 1. The second kappa shape index (κ2) is 4.89. The van der Waals surface area contributed by atoms with Crippen molar-refractivity contribution in [2.75, 3.05) is 6.61 Å². The van der Waals surface area contributed by atoms with Crippen molar-refractivity contribution in [2.45, 2.75) is 0 Å². The van der Waals surface area contributed by atoms with Gasteiger partial charge in [0.2, 0.25) is 0 Å². The Kier molecular flexibility index (Phi) is 3.49. The molecule has 0 unspecified atom stereocenters. The van der Waals surface area contributed by atoms with E-state index in [2.05, 4.69) is 20.9 Å². The van der Waals surface area contributed by atoms with E-state index in [1.807, 2.05) is 6.07 Å². The number of carboxylic acids is 1. The zero-order chi connectivity index (χ0) is 12.4. The number of ether oxygens (including phenoxy) is 1. The van der Waals surface area contributed by atoms with Crippen LogP contribution in [0.5, 0.6) is 5.75 Å². The van der Waals surface area contributed by atoms with Crippen LogP contribution < -0.4 is 4.74 Å². The molecule has 4 nitrogen and oxygen atoms in total. The van der Waals surface area contributed by atoms with Crippen LogP contribution in [-0.4, -0.2) is 22.7 Å². The molecule has 0 spiro atoms. The molecule has 0 saturated carbocycles. The molecule has 2 rings (SSSR count). The van der Waals surface area contributed by atoms with E-state index >= 15 is 0 Å². The number of rotatable bonds is 3. The van der Waals surface area contributed by atoms with Gasteiger partial charge in [-0.25, -0.2) is 4.79 Å². The summed E-state index contributed by atoms with van der Waals surface area (Å²) in [5, 5.41) is 9.73. The fraction of sp³-hybridized carbons (Fsp3) is 0.0909. The van der Waals surface area contributed by atoms with E-state index in [9.17, 15) is 4.79 Å². The van der Waals surface area contributed by atoms with Crippen LogP contribution in [0, 0.1) is 0 Å². The molecule has 88 valence electrons. The predicted octanol–water partition coefficient (Wildman–Crippen LogP) is 3.11. The molecular weight excluding hydrogens is 309 g/mol. The molecule has 0 atom stereocenters. The molecule has 1 aromatic heterocycles. The molecule has 0 aliphatic heterocycles. The van der Waals surface area contributed by atoms with Gasteiger partial charge in [-0.1, -0.05) is 33.6 Å². The SMILES string of the molecule is O=C(O)COc1c(Cl)cc(Br)c2cccnc12. The van der Waals surface area contributed by atoms with Gasteiger partial charge < -0.3 is 9.84 Å². The van der Waals surface area contributed by atoms with E-state index in [-0.39, 0.29) is 5.75 Å². The van der Waals surface area contributed by atoms with E-state index in [0.717, 1.165) is 9.86 Å². The van der Waals surface area contributed by atoms with Gasteiger partial charge >= 0.3 is 5.97 Å². The Hall–Kier alpha value is -1.33. The predicted molar refractivity (Wildman–Crippen MR) is 67.6 cm³/mol. The van der Waals surface area contributed by atoms with Gasteiger partial charge in [-0.2, -0.15) is 0 Å². The van der Waals surface area contributed by atoms with Crippen molar-refractivity contribution < 1.29 is 14.6 Å². The summed E-state index contributed by atoms with van der Waals surface area (Å²) in [5.41, 5.74) is 0.535. The summed E-state index contributed by atoms with van der Waals surface area (Å²) in [5.74, 6) is -0.777. The number of carbonyl (C=O) groups is 1. The molecule has 17 heavy (non-hydrogen) atoms. The Balaban J connectivity index is 2.57. The Labute approximate surface area is 110 Å². The van der Waals surface area contributed by atoms with Gasteiger partial charge in [0.25, 0.3) is 0 Å². The maximum absolute atomic E-state index is 10.5. The van der Waals surface area contributed by atoms with E-state index in [0.29, 0.717) is 10.5 Å². The number of aliphatic carboxylic acids is 1. The molecule has 2 aromatic rings. The summed E-state index contributed by atoms with van der Waals surface area (Å²) in [7, 11) is 0. The van der Waals surface area contributed by atoms with E-state index in [1.165, 1.54) is 0 Å². The van der Waals surface area contributed by atoms with Gasteiger partial charge in [0, 0.05) is 16.1 Å². The molecule has 0 bridgehead atoms. The maximum atomic E-state index is 10.5. The van der Waals surface area contributed by atoms with Gasteiger partial charge in [0.1, 0.15) is 5.52 Å². The third-order valence-corrected chi connectivity index (χ3v) is 3.03. The maximum Gasteiger partial charge on any atom is 0.341 e. The number of aromatic nitrogens is 1. The minimum atomic E-state index is -1.06. The summed E-state index contributed by atoms with van der Waals surface area (Å²) < 4.78 is 5.94. The lowest BCUT2D eigenvalue weighted by atomic mass is 10.2. The van der Waals surface area contributed by atoms with Crippen molar-refractivity contribution in [2.24, 2.45) is 0 Å². The highest BCUT2D eigenvalue weighted by atomic mass is 79.9. The monoisotopic (exact) mass is 315 g/mol. The minimum absolute atomic E-state index is 0.285. The average molecular weight is 317 g/mol. The minimum Gasteiger partial charge on any atom is -0.479 e. The largest absolute Gasteiger partial charge is 0.479 e. The number of hydrogen-bond donors (Lipinski definition) is 1. The van der Waals surface area contributed by atoms with E-state index in [1.54, 1.807) is 18.3 Å². The molecule has 6 heteroatoms. The summed E-state index contributed by atoms with van der Waals surface area (Å²) in [6.45, 7) is -0.451. The van der Waals surface area contributed by atoms with Crippen molar-refractivity contribution in [3.8, 4) is 5.75 Å². The summed E-state index contributed by atoms with van der Waals surface area (Å²) in [6, 6.07) is 5.28. The van der Waals surface area contributed by atoms with E-state index in [4.69, 9.17) is 21.4 Å². The Morgan fingerprint density at radius 2 is 2.35 bits per heavy atom. The first-order valence-electron chi connectivity index (χ1n) is 4.67. The Morgan fingerprint density at radius 1 is 1.59 bits per heavy atom. The van der Waals surface area contributed by atoms with Crippen molar-refractivity contribution in [3.05, 3.63) is 33.9 Å². The molecule has 0 aliphatic rings. The van der Waals surface area contributed by atoms with Crippen LogP contribution in [0.1, 0.15) is 0 Å². The first-order valence-corrected chi connectivity index (χ1v) is 5.84. The topological polar surface area (TPSA) is 59.4 Å². The van der Waals surface area contributed by atoms with Crippen LogP contribution in [0.2, 0.25) is 5.02 Å². The number of nitrogens with zero attached hydrogens (tertiary/aromatic N) is 1. The molecule has 0 aliphatic carbocycles. The first kappa shape index (κ1) is 12.1. The number of hydrogen-bond acceptors (Lipinski definition) is 3. The van der Waals surface area contributed by atoms with Crippen LogP contribution in [-0.2, 0) is 4.79 Å². The van der Waals surface area contributed by atoms with Gasteiger partial charge in [-0.15, -0.1) is 0 Å². The van der Waals surface area contributed by atoms with E-state index < -0.39 is 12.6 Å². The highest BCUT2D eigenvalue weighted by molar-refractivity contribution is 9.10. The zero-order valence-corrected chi connectivity index (χ0v) is 10.8. The van der Waals surface area contributed by atoms with Crippen molar-refractivity contribution in [1.82, 2.24) is 4.98 Å². The summed E-state index contributed by atoms with van der Waals surface area (Å²) in [6.07, 6.45) is 1.60. The fourth-order valence-corrected chi connectivity index (χ4v) is 2.35. The molecule has 0 amide bonds. The number of halogens is 2. The Morgan fingerprint density at radius 3 is 3.06 bits per heavy atom. The van der Waals surface area contributed by atoms with Crippen molar-refractivity contribution in [3.63, 3.8) is 0 Å². The lowest BCUT2D eigenvalue weighted by Crippen LogP contribution is -2.10. The van der Waals surface area contributed by atoms with Gasteiger partial charge in [-0.3, -0.25) is 4.98 Å². The van der Waals surface area contributed by atoms with Crippen molar-refractivity contribution >= 4 is 44.4 Å². The third-order valence-electron chi connectivity index (χ3n) is 2.09. The fourth-order valence-electron chi connectivity index (χ4n) is 1.42. The van der Waals surface area contributed by atoms with Gasteiger partial charge in [-0.05, 0) is 12.1 Å². The average Bonchev–Trinajstić information content (AvgIpc) is 2.28. The first-order chi connectivity index (χ1) is 8.09. The highest BCUT2D eigenvalue weighted by Gasteiger charge is 2.13. The lowest BCUT2D eigenvalue weighted by Gasteiger charge is -2.09. The van der Waals surface area contributed by atoms with Crippen molar-refractivity contribution in [1.29, 1.82) is 0 Å². The molecule has 0 radical (unpaired) electrons. The van der Waals surface area contributed by atoms with Crippen LogP contribution in [0.25, 0.3) is 10.9 Å². The Bertz CT molecular complexity index is 588. The van der Waals surface area contributed by atoms with Crippen LogP contribution in [0.15, 0.2) is 28.9 Å². The normalized spacial score (nSPS) is 10.5. The van der Waals surface area contributed by atoms with Crippen LogP contribution in [0.4, 0.5) is 0 Å². The molecule has 1 N–H and O–H groups in total. The molecule has 1 aromatic carbocycles. The summed E-state index contributed by atoms with van der Waals surface area (Å²) >= 11 is 9.37. The molecule has 0 saturated heterocycles. The third kappa shape index (κ3) is 2.50. The smallest absolute Gasteiger partial charge is 0.341 e. The van der Waals surface area contributed by atoms with Gasteiger partial charge in [0.15, 0.2) is 12.4 Å². The second-order valence-electron chi connectivity index (χ2n) is 3.25. The summed E-state index contributed by atoms with van der Waals surface area (Å²) in [4.78, 5) is 14.6. The second-order valence-corrected chi connectivity index (χ2v) is 4.51. The quantitative estimate of drug-likeness (QED) is 0.945. The zero-order valence-electron chi connectivity index (χ0n) is 8.48. The molecular formula is C11H7BrClNO3. The van der Waals surface area contributed by atoms with Crippen LogP contribution >= 0.6 is 27.5 Å². The highest BCUT2D eigenvalue weighted by Crippen LogP contribution is 2.36.